The zero-order chi connectivity index (χ0) is 20.5. The first-order valence-electron chi connectivity index (χ1n) is 9.42. The van der Waals surface area contributed by atoms with E-state index in [4.69, 9.17) is 36.9 Å². The zero-order valence-electron chi connectivity index (χ0n) is 16.6. The molecule has 0 bridgehead atoms. The van der Waals surface area contributed by atoms with Gasteiger partial charge < -0.3 is 35.3 Å². The maximum Gasteiger partial charge on any atom is 0.451 e. The number of carbonyl (C=O) groups is 1. The number of anilines is 1. The van der Waals surface area contributed by atoms with Crippen LogP contribution in [0, 0.1) is 5.92 Å². The van der Waals surface area contributed by atoms with Crippen LogP contribution < -0.4 is 20.1 Å². The number of rotatable bonds is 9. The van der Waals surface area contributed by atoms with Gasteiger partial charge in [0.25, 0.3) is 0 Å². The molecule has 0 radical (unpaired) electrons. The van der Waals surface area contributed by atoms with E-state index in [1.165, 1.54) is 0 Å². The van der Waals surface area contributed by atoms with E-state index in [0.717, 1.165) is 5.69 Å². The van der Waals surface area contributed by atoms with E-state index in [1.54, 1.807) is 6.07 Å². The molecule has 1 fully saturated rings. The maximum atomic E-state index is 11.8. The first-order valence-corrected chi connectivity index (χ1v) is 9.80. The first kappa shape index (κ1) is 26.9. The van der Waals surface area contributed by atoms with Crippen LogP contribution in [0.3, 0.4) is 0 Å². The second-order valence-corrected chi connectivity index (χ2v) is 8.07. The van der Waals surface area contributed by atoms with E-state index in [0.29, 0.717) is 48.6 Å². The third-order valence-electron chi connectivity index (χ3n) is 5.91. The first-order chi connectivity index (χ1) is 13.2. The van der Waals surface area contributed by atoms with Crippen molar-refractivity contribution in [2.24, 2.45) is 11.7 Å². The predicted molar refractivity (Wildman–Crippen MR) is 120 cm³/mol. The lowest BCUT2D eigenvalue weighted by Gasteiger charge is -2.48. The number of nitrogens with two attached hydrogens (primary N) is 1. The van der Waals surface area contributed by atoms with Crippen LogP contribution in [0.1, 0.15) is 32.1 Å². The third kappa shape index (κ3) is 5.58. The SMILES string of the molecule is CN(c1cc2c(cc1Cl)OCO2)C1CC(C(N)(CCCCB(O)O)C(=O)O)C1.Cl.Cl. The van der Waals surface area contributed by atoms with Gasteiger partial charge in [0.15, 0.2) is 11.5 Å². The Bertz CT molecular complexity index is 738. The van der Waals surface area contributed by atoms with Gasteiger partial charge in [0.05, 0.1) is 10.7 Å². The molecule has 0 aromatic heterocycles. The molecule has 1 atom stereocenters. The Balaban J connectivity index is 0.00000225. The second-order valence-electron chi connectivity index (χ2n) is 7.66. The Morgan fingerprint density at radius 3 is 2.43 bits per heavy atom. The molecule has 1 aromatic carbocycles. The van der Waals surface area contributed by atoms with Crippen LogP contribution in [0.15, 0.2) is 12.1 Å². The summed E-state index contributed by atoms with van der Waals surface area (Å²) in [5.74, 6) is 0.105. The lowest BCUT2D eigenvalue weighted by atomic mass is 9.65. The van der Waals surface area contributed by atoms with Crippen molar-refractivity contribution in [3.8, 4) is 11.5 Å². The molecule has 0 amide bonds. The van der Waals surface area contributed by atoms with E-state index in [2.05, 4.69) is 0 Å². The monoisotopic (exact) mass is 484 g/mol. The predicted octanol–water partition coefficient (Wildman–Crippen LogP) is 2.55. The topological polar surface area (TPSA) is 125 Å². The van der Waals surface area contributed by atoms with Crippen molar-refractivity contribution < 1.29 is 29.4 Å². The second kappa shape index (κ2) is 11.0. The van der Waals surface area contributed by atoms with Crippen LogP contribution >= 0.6 is 36.4 Å². The summed E-state index contributed by atoms with van der Waals surface area (Å²) >= 11 is 6.38. The molecule has 1 saturated carbocycles. The summed E-state index contributed by atoms with van der Waals surface area (Å²) in [5, 5.41) is 28.1. The number of fused-ring (bicyclic) bond motifs is 1. The van der Waals surface area contributed by atoms with E-state index in [1.807, 2.05) is 18.0 Å². The Hall–Kier alpha value is -1.10. The van der Waals surface area contributed by atoms with Crippen molar-refractivity contribution in [3.63, 3.8) is 0 Å². The lowest BCUT2D eigenvalue weighted by Crippen LogP contribution is -2.61. The molecule has 0 spiro atoms. The van der Waals surface area contributed by atoms with Crippen LogP contribution in [-0.4, -0.2) is 53.7 Å². The zero-order valence-corrected chi connectivity index (χ0v) is 19.0. The van der Waals surface area contributed by atoms with Gasteiger partial charge >= 0.3 is 13.1 Å². The number of benzene rings is 1. The summed E-state index contributed by atoms with van der Waals surface area (Å²) in [4.78, 5) is 13.9. The number of halogens is 3. The Morgan fingerprint density at radius 2 is 1.87 bits per heavy atom. The fraction of sp³-hybridized carbons (Fsp3) is 0.611. The molecule has 3 rings (SSSR count). The molecular formula is C18H28BCl3N2O6. The minimum absolute atomic E-state index is 0. The molecule has 1 aliphatic heterocycles. The van der Waals surface area contributed by atoms with Crippen LogP contribution in [0.25, 0.3) is 0 Å². The molecule has 1 unspecified atom stereocenters. The van der Waals surface area contributed by atoms with Gasteiger partial charge in [-0.1, -0.05) is 24.4 Å². The Morgan fingerprint density at radius 1 is 1.27 bits per heavy atom. The number of nitrogens with zero attached hydrogens (tertiary/aromatic N) is 1. The Labute approximate surface area is 193 Å². The Kier molecular flexibility index (Phi) is 9.85. The average molecular weight is 486 g/mol. The number of unbranched alkanes of at least 4 members (excludes halogenated alkanes) is 1. The quantitative estimate of drug-likeness (QED) is 0.311. The fourth-order valence-corrected chi connectivity index (χ4v) is 4.22. The van der Waals surface area contributed by atoms with Crippen molar-refractivity contribution in [3.05, 3.63) is 17.2 Å². The van der Waals surface area contributed by atoms with Gasteiger partial charge in [-0.15, -0.1) is 24.8 Å². The summed E-state index contributed by atoms with van der Waals surface area (Å²) in [6.07, 6.45) is 2.87. The summed E-state index contributed by atoms with van der Waals surface area (Å²) in [6.45, 7) is 0.173. The standard InChI is InChI=1S/C18H26BClN2O6.2ClH/c1-22(14-9-16-15(8-13(14)20)27-10-28-16)12-6-11(7-12)18(21,17(23)24)4-2-3-5-19(25)26;;/h8-9,11-12,25-26H,2-7,10,21H2,1H3,(H,23,24);2*1H. The van der Waals surface area contributed by atoms with E-state index in [-0.39, 0.29) is 49.9 Å². The smallest absolute Gasteiger partial charge is 0.451 e. The molecular weight excluding hydrogens is 457 g/mol. The number of carboxylic acid groups (broad SMARTS) is 1. The largest absolute Gasteiger partial charge is 0.480 e. The lowest BCUT2D eigenvalue weighted by molar-refractivity contribution is -0.147. The van der Waals surface area contributed by atoms with Gasteiger partial charge in [0.2, 0.25) is 6.79 Å². The summed E-state index contributed by atoms with van der Waals surface area (Å²) in [6, 6.07) is 3.70. The van der Waals surface area contributed by atoms with E-state index < -0.39 is 18.6 Å². The number of ether oxygens (including phenoxy) is 2. The van der Waals surface area contributed by atoms with E-state index >= 15 is 0 Å². The molecule has 1 aliphatic carbocycles. The number of aliphatic carboxylic acids is 1. The molecule has 30 heavy (non-hydrogen) atoms. The van der Waals surface area contributed by atoms with Gasteiger partial charge in [-0.25, -0.2) is 0 Å². The summed E-state index contributed by atoms with van der Waals surface area (Å²) < 4.78 is 10.7. The highest BCUT2D eigenvalue weighted by atomic mass is 35.5. The van der Waals surface area contributed by atoms with Crippen LogP contribution in [-0.2, 0) is 4.79 Å². The highest BCUT2D eigenvalue weighted by Gasteiger charge is 2.49. The molecule has 0 saturated heterocycles. The highest BCUT2D eigenvalue weighted by Crippen LogP contribution is 2.45. The minimum Gasteiger partial charge on any atom is -0.480 e. The normalized spacial score (nSPS) is 20.8. The fourth-order valence-electron chi connectivity index (χ4n) is 3.93. The van der Waals surface area contributed by atoms with Crippen molar-refractivity contribution >= 4 is 55.2 Å². The minimum atomic E-state index is -1.37. The summed E-state index contributed by atoms with van der Waals surface area (Å²) in [5.41, 5.74) is 5.76. The molecule has 170 valence electrons. The molecule has 2 aliphatic rings. The molecule has 8 nitrogen and oxygen atoms in total. The number of hydrogen-bond acceptors (Lipinski definition) is 7. The average Bonchev–Trinajstić information content (AvgIpc) is 3.03. The van der Waals surface area contributed by atoms with Crippen molar-refractivity contribution in [2.75, 3.05) is 18.7 Å². The van der Waals surface area contributed by atoms with Gasteiger partial charge in [-0.2, -0.15) is 0 Å². The molecule has 1 aromatic rings. The van der Waals surface area contributed by atoms with E-state index in [9.17, 15) is 9.90 Å². The van der Waals surface area contributed by atoms with Crippen molar-refractivity contribution in [1.29, 1.82) is 0 Å². The maximum absolute atomic E-state index is 11.8. The molecule has 5 N–H and O–H groups in total. The third-order valence-corrected chi connectivity index (χ3v) is 6.22. The van der Waals surface area contributed by atoms with Gasteiger partial charge in [0, 0.05) is 25.2 Å². The number of carboxylic acids is 1. The van der Waals surface area contributed by atoms with Crippen LogP contribution in [0.2, 0.25) is 11.3 Å². The number of hydrogen-bond donors (Lipinski definition) is 4. The van der Waals surface area contributed by atoms with Gasteiger partial charge in [-0.05, 0) is 31.5 Å². The summed E-state index contributed by atoms with van der Waals surface area (Å²) in [7, 11) is 0.552. The highest BCUT2D eigenvalue weighted by molar-refractivity contribution is 6.40. The van der Waals surface area contributed by atoms with Gasteiger partial charge in [0.1, 0.15) is 5.54 Å². The van der Waals surface area contributed by atoms with Crippen molar-refractivity contribution in [2.45, 2.75) is 50.0 Å². The van der Waals surface area contributed by atoms with Gasteiger partial charge in [-0.3, -0.25) is 4.79 Å². The van der Waals surface area contributed by atoms with Crippen LogP contribution in [0.5, 0.6) is 11.5 Å². The van der Waals surface area contributed by atoms with Crippen LogP contribution in [0.4, 0.5) is 5.69 Å². The van der Waals surface area contributed by atoms with Crippen molar-refractivity contribution in [1.82, 2.24) is 0 Å². The molecule has 1 heterocycles. The molecule has 12 heteroatoms.